The summed E-state index contributed by atoms with van der Waals surface area (Å²) in [6, 6.07) is 10.7. The summed E-state index contributed by atoms with van der Waals surface area (Å²) in [5.41, 5.74) is 1.68. The number of thiazole rings is 1. The van der Waals surface area contributed by atoms with Crippen molar-refractivity contribution in [2.45, 2.75) is 17.6 Å². The number of ether oxygens (including phenoxy) is 1. The number of carbonyl (C=O) groups excluding carboxylic acids is 2. The molecule has 3 aromatic rings. The molecule has 0 unspecified atom stereocenters. The van der Waals surface area contributed by atoms with E-state index in [1.54, 1.807) is 35.2 Å². The molecule has 2 aromatic carbocycles. The molecule has 0 bridgehead atoms. The van der Waals surface area contributed by atoms with Crippen molar-refractivity contribution in [1.29, 1.82) is 0 Å². The van der Waals surface area contributed by atoms with Crippen LogP contribution in [-0.4, -0.2) is 23.5 Å². The molecule has 0 saturated carbocycles. The Balaban J connectivity index is 1.47. The van der Waals surface area contributed by atoms with Crippen molar-refractivity contribution in [3.8, 4) is 0 Å². The minimum Gasteiger partial charge on any atom is -0.452 e. The second kappa shape index (κ2) is 9.87. The lowest BCUT2D eigenvalue weighted by Crippen LogP contribution is -2.20. The molecule has 5 nitrogen and oxygen atoms in total. The Labute approximate surface area is 180 Å². The smallest absolute Gasteiger partial charge is 0.338 e. The molecule has 3 rings (SSSR count). The molecule has 0 aliphatic rings. The van der Waals surface area contributed by atoms with Gasteiger partial charge in [-0.2, -0.15) is 0 Å². The number of hydrogen-bond donors (Lipinski definition) is 1. The second-order valence-corrected chi connectivity index (χ2v) is 8.44. The number of thioether (sulfide) groups is 1. The third-order valence-corrected chi connectivity index (χ3v) is 5.84. The second-order valence-electron chi connectivity index (χ2n) is 5.92. The summed E-state index contributed by atoms with van der Waals surface area (Å²) in [6.07, 6.45) is 0. The lowest BCUT2D eigenvalue weighted by molar-refractivity contribution is -0.119. The van der Waals surface area contributed by atoms with Crippen LogP contribution in [0.5, 0.6) is 0 Å². The quantitative estimate of drug-likeness (QED) is 0.389. The molecule has 0 aliphatic carbocycles. The van der Waals surface area contributed by atoms with Crippen molar-refractivity contribution < 1.29 is 18.7 Å². The van der Waals surface area contributed by atoms with E-state index in [0.717, 1.165) is 27.4 Å². The van der Waals surface area contributed by atoms with Gasteiger partial charge in [0.05, 0.1) is 21.3 Å². The van der Waals surface area contributed by atoms with Gasteiger partial charge in [0, 0.05) is 21.7 Å². The molecule has 1 aromatic heterocycles. The standard InChI is InChI=1S/C20H16ClFN2O3S2/c1-12-23-15(10-28-12)11-29-16-5-2-13(3-6-16)20(26)27-9-19(25)24-14-4-7-18(22)17(21)8-14/h2-8,10H,9,11H2,1H3,(H,24,25). The highest BCUT2D eigenvalue weighted by molar-refractivity contribution is 7.98. The molecule has 0 fully saturated rings. The van der Waals surface area contributed by atoms with Gasteiger partial charge in [0.2, 0.25) is 0 Å². The van der Waals surface area contributed by atoms with Crippen molar-refractivity contribution >= 4 is 52.3 Å². The minimum atomic E-state index is -0.607. The van der Waals surface area contributed by atoms with E-state index in [1.165, 1.54) is 12.1 Å². The van der Waals surface area contributed by atoms with Gasteiger partial charge >= 0.3 is 5.97 Å². The SMILES string of the molecule is Cc1nc(CSc2ccc(C(=O)OCC(=O)Nc3ccc(F)c(Cl)c3)cc2)cs1. The van der Waals surface area contributed by atoms with E-state index in [-0.39, 0.29) is 5.02 Å². The number of hydrogen-bond acceptors (Lipinski definition) is 6. The highest BCUT2D eigenvalue weighted by atomic mass is 35.5. The van der Waals surface area contributed by atoms with Crippen molar-refractivity contribution in [2.24, 2.45) is 0 Å². The Morgan fingerprint density at radius 2 is 2.00 bits per heavy atom. The minimum absolute atomic E-state index is 0.109. The number of amides is 1. The summed E-state index contributed by atoms with van der Waals surface area (Å²) in [6.45, 7) is 1.50. The van der Waals surface area contributed by atoms with E-state index < -0.39 is 24.3 Å². The molecule has 1 amide bonds. The van der Waals surface area contributed by atoms with Gasteiger partial charge in [0.25, 0.3) is 5.91 Å². The number of nitrogens with one attached hydrogen (secondary N) is 1. The average molecular weight is 451 g/mol. The number of carbonyl (C=O) groups is 2. The molecule has 29 heavy (non-hydrogen) atoms. The molecule has 150 valence electrons. The Hall–Kier alpha value is -2.42. The number of nitrogens with zero attached hydrogens (tertiary/aromatic N) is 1. The number of halogens is 2. The maximum Gasteiger partial charge on any atom is 0.338 e. The summed E-state index contributed by atoms with van der Waals surface area (Å²) in [5, 5.41) is 5.44. The maximum absolute atomic E-state index is 13.1. The normalized spacial score (nSPS) is 10.6. The van der Waals surface area contributed by atoms with E-state index in [1.807, 2.05) is 24.4 Å². The van der Waals surface area contributed by atoms with Crippen LogP contribution in [0.4, 0.5) is 10.1 Å². The lowest BCUT2D eigenvalue weighted by Gasteiger charge is -2.08. The van der Waals surface area contributed by atoms with Crippen molar-refractivity contribution in [3.05, 3.63) is 74.9 Å². The molecule has 1 N–H and O–H groups in total. The van der Waals surface area contributed by atoms with Crippen LogP contribution >= 0.6 is 34.7 Å². The first-order valence-corrected chi connectivity index (χ1v) is 10.7. The zero-order chi connectivity index (χ0) is 20.8. The molecule has 0 atom stereocenters. The number of aryl methyl sites for hydroxylation is 1. The summed E-state index contributed by atoms with van der Waals surface area (Å²) < 4.78 is 18.1. The Morgan fingerprint density at radius 1 is 1.24 bits per heavy atom. The van der Waals surface area contributed by atoms with Crippen LogP contribution in [0.1, 0.15) is 21.1 Å². The van der Waals surface area contributed by atoms with Gasteiger partial charge in [-0.25, -0.2) is 14.2 Å². The van der Waals surface area contributed by atoms with Crippen LogP contribution in [0.15, 0.2) is 52.7 Å². The molecule has 0 spiro atoms. The maximum atomic E-state index is 13.1. The van der Waals surface area contributed by atoms with Crippen molar-refractivity contribution in [3.63, 3.8) is 0 Å². The molecule has 0 saturated heterocycles. The van der Waals surface area contributed by atoms with E-state index in [2.05, 4.69) is 10.3 Å². The summed E-state index contributed by atoms with van der Waals surface area (Å²) in [4.78, 5) is 29.4. The Kier molecular flexibility index (Phi) is 7.24. The molecule has 0 radical (unpaired) electrons. The van der Waals surface area contributed by atoms with Crippen LogP contribution in [0, 0.1) is 12.7 Å². The van der Waals surface area contributed by atoms with Crippen LogP contribution in [0.3, 0.4) is 0 Å². The van der Waals surface area contributed by atoms with Crippen LogP contribution < -0.4 is 5.32 Å². The number of aromatic nitrogens is 1. The van der Waals surface area contributed by atoms with Crippen LogP contribution in [0.2, 0.25) is 5.02 Å². The molecule has 9 heteroatoms. The Morgan fingerprint density at radius 3 is 2.66 bits per heavy atom. The summed E-state index contributed by atoms with van der Waals surface area (Å²) in [7, 11) is 0. The number of rotatable bonds is 7. The van der Waals surface area contributed by atoms with Gasteiger partial charge in [0.15, 0.2) is 6.61 Å². The highest BCUT2D eigenvalue weighted by Gasteiger charge is 2.11. The fourth-order valence-electron chi connectivity index (χ4n) is 2.30. The third-order valence-electron chi connectivity index (χ3n) is 3.68. The fraction of sp³-hybridized carbons (Fsp3) is 0.150. The van der Waals surface area contributed by atoms with Crippen LogP contribution in [-0.2, 0) is 15.3 Å². The van der Waals surface area contributed by atoms with Gasteiger partial charge < -0.3 is 10.1 Å². The van der Waals surface area contributed by atoms with Gasteiger partial charge in [-0.05, 0) is 49.4 Å². The van der Waals surface area contributed by atoms with E-state index in [4.69, 9.17) is 16.3 Å². The zero-order valence-electron chi connectivity index (χ0n) is 15.3. The van der Waals surface area contributed by atoms with Gasteiger partial charge in [-0.1, -0.05) is 11.6 Å². The Bertz CT molecular complexity index is 1020. The monoisotopic (exact) mass is 450 g/mol. The van der Waals surface area contributed by atoms with Gasteiger partial charge in [0.1, 0.15) is 5.82 Å². The van der Waals surface area contributed by atoms with Crippen LogP contribution in [0.25, 0.3) is 0 Å². The predicted octanol–water partition coefficient (Wildman–Crippen LogP) is 5.33. The topological polar surface area (TPSA) is 68.3 Å². The molecule has 0 aliphatic heterocycles. The first-order chi connectivity index (χ1) is 13.9. The van der Waals surface area contributed by atoms with Gasteiger partial charge in [-0.3, -0.25) is 4.79 Å². The van der Waals surface area contributed by atoms with E-state index in [0.29, 0.717) is 11.3 Å². The van der Waals surface area contributed by atoms with E-state index in [9.17, 15) is 14.0 Å². The van der Waals surface area contributed by atoms with Crippen molar-refractivity contribution in [2.75, 3.05) is 11.9 Å². The number of benzene rings is 2. The zero-order valence-corrected chi connectivity index (χ0v) is 17.7. The van der Waals surface area contributed by atoms with E-state index >= 15 is 0 Å². The number of esters is 1. The first kappa shape index (κ1) is 21.3. The molecule has 1 heterocycles. The third kappa shape index (κ3) is 6.28. The number of anilines is 1. The summed E-state index contributed by atoms with van der Waals surface area (Å²) in [5.74, 6) is -0.989. The summed E-state index contributed by atoms with van der Waals surface area (Å²) >= 11 is 8.89. The molecular formula is C20H16ClFN2O3S2. The predicted molar refractivity (Wildman–Crippen MR) is 113 cm³/mol. The first-order valence-electron chi connectivity index (χ1n) is 8.46. The van der Waals surface area contributed by atoms with Crippen molar-refractivity contribution in [1.82, 2.24) is 4.98 Å². The fourth-order valence-corrected chi connectivity index (χ4v) is 3.99. The lowest BCUT2D eigenvalue weighted by atomic mass is 10.2. The molecular weight excluding hydrogens is 435 g/mol. The van der Waals surface area contributed by atoms with Gasteiger partial charge in [-0.15, -0.1) is 23.1 Å². The average Bonchev–Trinajstić information content (AvgIpc) is 3.13. The largest absolute Gasteiger partial charge is 0.452 e. The highest BCUT2D eigenvalue weighted by Crippen LogP contribution is 2.24.